The molecule has 0 spiro atoms. The van der Waals surface area contributed by atoms with E-state index < -0.39 is 0 Å². The van der Waals surface area contributed by atoms with Crippen LogP contribution >= 0.6 is 0 Å². The summed E-state index contributed by atoms with van der Waals surface area (Å²) in [5.74, 6) is 0.160. The van der Waals surface area contributed by atoms with Crippen molar-refractivity contribution >= 4 is 5.78 Å². The predicted molar refractivity (Wildman–Crippen MR) is 83.4 cm³/mol. The summed E-state index contributed by atoms with van der Waals surface area (Å²) in [5.41, 5.74) is 0.881. The Hall–Kier alpha value is -1.16. The van der Waals surface area contributed by atoms with Gasteiger partial charge in [0.1, 0.15) is 6.10 Å². The monoisotopic (exact) mass is 292 g/mol. The molecule has 0 bridgehead atoms. The van der Waals surface area contributed by atoms with Gasteiger partial charge in [0, 0.05) is 12.8 Å². The summed E-state index contributed by atoms with van der Waals surface area (Å²) in [7, 11) is 0. The minimum absolute atomic E-state index is 0.160. The van der Waals surface area contributed by atoms with Crippen LogP contribution in [0.25, 0.3) is 0 Å². The molecular weight excluding hydrogens is 264 g/mol. The van der Waals surface area contributed by atoms with Crippen LogP contribution in [-0.2, 0) is 16.0 Å². The van der Waals surface area contributed by atoms with Gasteiger partial charge in [-0.3, -0.25) is 9.48 Å². The molecule has 21 heavy (non-hydrogen) atoms. The summed E-state index contributed by atoms with van der Waals surface area (Å²) in [4.78, 5) is 12.3. The van der Waals surface area contributed by atoms with Gasteiger partial charge in [-0.05, 0) is 32.3 Å². The molecule has 1 aromatic rings. The van der Waals surface area contributed by atoms with E-state index in [1.165, 1.54) is 32.1 Å². The first kappa shape index (κ1) is 16.2. The Labute approximate surface area is 127 Å². The molecule has 0 amide bonds. The van der Waals surface area contributed by atoms with Crippen LogP contribution in [0.4, 0.5) is 0 Å². The Kier molecular flexibility index (Phi) is 6.43. The molecule has 4 nitrogen and oxygen atoms in total. The van der Waals surface area contributed by atoms with Crippen molar-refractivity contribution in [1.29, 1.82) is 0 Å². The van der Waals surface area contributed by atoms with Crippen LogP contribution in [0.15, 0.2) is 12.3 Å². The number of ketones is 1. The summed E-state index contributed by atoms with van der Waals surface area (Å²) in [6, 6.07) is 2.52. The minimum atomic E-state index is -0.264. The van der Waals surface area contributed by atoms with E-state index in [9.17, 15) is 4.79 Å². The minimum Gasteiger partial charge on any atom is -0.371 e. The van der Waals surface area contributed by atoms with Crippen LogP contribution in [0.2, 0.25) is 0 Å². The van der Waals surface area contributed by atoms with Gasteiger partial charge in [-0.15, -0.1) is 0 Å². The molecule has 1 fully saturated rings. The van der Waals surface area contributed by atoms with Gasteiger partial charge in [-0.25, -0.2) is 0 Å². The lowest BCUT2D eigenvalue weighted by atomic mass is 9.96. The summed E-state index contributed by atoms with van der Waals surface area (Å²) >= 11 is 0. The third kappa shape index (κ3) is 4.67. The van der Waals surface area contributed by atoms with E-state index in [1.54, 1.807) is 0 Å². The van der Waals surface area contributed by atoms with Gasteiger partial charge in [0.05, 0.1) is 18.2 Å². The van der Waals surface area contributed by atoms with Crippen molar-refractivity contribution in [3.63, 3.8) is 0 Å². The van der Waals surface area contributed by atoms with Crippen LogP contribution in [-0.4, -0.2) is 28.3 Å². The highest BCUT2D eigenvalue weighted by atomic mass is 16.5. The van der Waals surface area contributed by atoms with Gasteiger partial charge >= 0.3 is 0 Å². The fraction of sp³-hybridized carbons (Fsp3) is 0.765. The van der Waals surface area contributed by atoms with Crippen molar-refractivity contribution in [3.05, 3.63) is 18.0 Å². The zero-order chi connectivity index (χ0) is 15.1. The van der Waals surface area contributed by atoms with Gasteiger partial charge in [-0.1, -0.05) is 32.6 Å². The van der Waals surface area contributed by atoms with Crippen LogP contribution < -0.4 is 0 Å². The number of Topliss-reactive ketones (excluding diaryl/α,β-unsaturated/α-hetero) is 1. The molecule has 118 valence electrons. The first-order chi connectivity index (χ1) is 10.2. The summed E-state index contributed by atoms with van der Waals surface area (Å²) < 4.78 is 7.62. The summed E-state index contributed by atoms with van der Waals surface area (Å²) in [6.45, 7) is 4.61. The zero-order valence-corrected chi connectivity index (χ0v) is 13.4. The predicted octanol–water partition coefficient (Wildman–Crippen LogP) is 3.71. The quantitative estimate of drug-likeness (QED) is 0.733. The molecule has 0 aliphatic heterocycles. The van der Waals surface area contributed by atoms with Gasteiger partial charge in [0.15, 0.2) is 5.78 Å². The Balaban J connectivity index is 1.92. The van der Waals surface area contributed by atoms with Gasteiger partial charge in [-0.2, -0.15) is 5.10 Å². The zero-order valence-electron chi connectivity index (χ0n) is 13.4. The highest BCUT2D eigenvalue weighted by Crippen LogP contribution is 2.27. The number of carbonyl (C=O) groups is 1. The van der Waals surface area contributed by atoms with E-state index in [1.807, 2.05) is 19.2 Å². The maximum atomic E-state index is 12.3. The third-order valence-corrected chi connectivity index (χ3v) is 4.25. The van der Waals surface area contributed by atoms with E-state index in [2.05, 4.69) is 16.7 Å². The van der Waals surface area contributed by atoms with Gasteiger partial charge in [0.2, 0.25) is 0 Å². The lowest BCUT2D eigenvalue weighted by Gasteiger charge is -2.21. The fourth-order valence-electron chi connectivity index (χ4n) is 3.11. The molecular formula is C17H28N2O2. The number of rotatable bonds is 8. The Bertz CT molecular complexity index is 430. The van der Waals surface area contributed by atoms with Crippen molar-refractivity contribution < 1.29 is 9.53 Å². The SMILES string of the molecule is CCCC(OCC)C(=O)Cc1ccn(C2CCCCC2)n1. The number of hydrogen-bond donors (Lipinski definition) is 0. The number of ether oxygens (including phenoxy) is 1. The number of nitrogens with zero attached hydrogens (tertiary/aromatic N) is 2. The van der Waals surface area contributed by atoms with Crippen molar-refractivity contribution in [1.82, 2.24) is 9.78 Å². The molecule has 1 atom stereocenters. The summed E-state index contributed by atoms with van der Waals surface area (Å²) in [5, 5.41) is 4.62. The van der Waals surface area contributed by atoms with Crippen LogP contribution in [0.1, 0.15) is 70.5 Å². The molecule has 1 unspecified atom stereocenters. The van der Waals surface area contributed by atoms with Gasteiger partial charge in [0.25, 0.3) is 0 Å². The van der Waals surface area contributed by atoms with Crippen LogP contribution in [0.3, 0.4) is 0 Å². The van der Waals surface area contributed by atoms with Crippen molar-refractivity contribution in [3.8, 4) is 0 Å². The molecule has 4 heteroatoms. The normalized spacial score (nSPS) is 17.8. The Morgan fingerprint density at radius 2 is 2.14 bits per heavy atom. The third-order valence-electron chi connectivity index (χ3n) is 4.25. The maximum absolute atomic E-state index is 12.3. The second-order valence-electron chi connectivity index (χ2n) is 5.95. The topological polar surface area (TPSA) is 44.1 Å². The van der Waals surface area contributed by atoms with Crippen LogP contribution in [0.5, 0.6) is 0 Å². The number of hydrogen-bond acceptors (Lipinski definition) is 3. The Morgan fingerprint density at radius 3 is 2.81 bits per heavy atom. The van der Waals surface area contributed by atoms with Crippen molar-refractivity contribution in [2.45, 2.75) is 77.4 Å². The first-order valence-corrected chi connectivity index (χ1v) is 8.43. The highest BCUT2D eigenvalue weighted by Gasteiger charge is 2.20. The molecule has 0 radical (unpaired) electrons. The maximum Gasteiger partial charge on any atom is 0.167 e. The standard InChI is InChI=1S/C17H28N2O2/c1-3-8-17(21-4-2)16(20)13-14-11-12-19(18-14)15-9-6-5-7-10-15/h11-12,15,17H,3-10,13H2,1-2H3. The van der Waals surface area contributed by atoms with E-state index in [0.717, 1.165) is 18.5 Å². The molecule has 1 aliphatic carbocycles. The highest BCUT2D eigenvalue weighted by molar-refractivity contribution is 5.84. The van der Waals surface area contributed by atoms with Gasteiger partial charge < -0.3 is 4.74 Å². The largest absolute Gasteiger partial charge is 0.371 e. The molecule has 0 aromatic carbocycles. The van der Waals surface area contributed by atoms with Crippen molar-refractivity contribution in [2.24, 2.45) is 0 Å². The number of aromatic nitrogens is 2. The average Bonchev–Trinajstić information content (AvgIpc) is 2.96. The first-order valence-electron chi connectivity index (χ1n) is 8.43. The lowest BCUT2D eigenvalue weighted by molar-refractivity contribution is -0.130. The molecule has 0 N–H and O–H groups in total. The second kappa shape index (κ2) is 8.32. The lowest BCUT2D eigenvalue weighted by Crippen LogP contribution is -2.26. The summed E-state index contributed by atoms with van der Waals surface area (Å²) in [6.07, 6.45) is 10.3. The Morgan fingerprint density at radius 1 is 1.38 bits per heavy atom. The van der Waals surface area contributed by atoms with E-state index in [0.29, 0.717) is 19.1 Å². The van der Waals surface area contributed by atoms with Crippen LogP contribution in [0, 0.1) is 0 Å². The number of carbonyl (C=O) groups excluding carboxylic acids is 1. The molecule has 1 aromatic heterocycles. The van der Waals surface area contributed by atoms with Crippen molar-refractivity contribution in [2.75, 3.05) is 6.61 Å². The molecule has 1 aliphatic rings. The van der Waals surface area contributed by atoms with E-state index in [-0.39, 0.29) is 11.9 Å². The van der Waals surface area contributed by atoms with E-state index >= 15 is 0 Å². The molecule has 1 heterocycles. The van der Waals surface area contributed by atoms with E-state index in [4.69, 9.17) is 4.74 Å². The molecule has 0 saturated heterocycles. The smallest absolute Gasteiger partial charge is 0.167 e. The average molecular weight is 292 g/mol. The second-order valence-corrected chi connectivity index (χ2v) is 5.95. The fourth-order valence-corrected chi connectivity index (χ4v) is 3.11. The molecule has 1 saturated carbocycles. The molecule has 2 rings (SSSR count).